The second kappa shape index (κ2) is 9.96. The van der Waals surface area contributed by atoms with E-state index >= 15 is 0 Å². The van der Waals surface area contributed by atoms with Gasteiger partial charge in [0, 0.05) is 0 Å². The zero-order chi connectivity index (χ0) is 9.94. The van der Waals surface area contributed by atoms with Gasteiger partial charge in [0.05, 0.1) is 0 Å². The van der Waals surface area contributed by atoms with Crippen LogP contribution in [0.4, 0.5) is 0 Å². The van der Waals surface area contributed by atoms with Crippen LogP contribution in [-0.4, -0.2) is 37.6 Å². The Balaban J connectivity index is 3.41. The molecule has 0 saturated carbocycles. The molecule has 0 fully saturated rings. The summed E-state index contributed by atoms with van der Waals surface area (Å²) in [5.74, 6) is 0. The minimum atomic E-state index is 0.803. The highest BCUT2D eigenvalue weighted by molar-refractivity contribution is 4.58. The van der Waals surface area contributed by atoms with Gasteiger partial charge in [-0.2, -0.15) is 0 Å². The van der Waals surface area contributed by atoms with E-state index in [1.165, 1.54) is 25.9 Å². The first-order chi connectivity index (χ1) is 6.35. The highest BCUT2D eigenvalue weighted by Crippen LogP contribution is 1.97. The molecular formula is C10H25N3. The highest BCUT2D eigenvalue weighted by Gasteiger charge is 2.01. The summed E-state index contributed by atoms with van der Waals surface area (Å²) >= 11 is 0. The smallest absolute Gasteiger partial charge is 0.000672 e. The van der Waals surface area contributed by atoms with Gasteiger partial charge in [0.15, 0.2) is 0 Å². The molecule has 0 aromatic rings. The van der Waals surface area contributed by atoms with Crippen molar-refractivity contribution in [3.8, 4) is 0 Å². The quantitative estimate of drug-likeness (QED) is 0.525. The summed E-state index contributed by atoms with van der Waals surface area (Å²) in [5, 5.41) is 0. The summed E-state index contributed by atoms with van der Waals surface area (Å²) in [5.41, 5.74) is 10.9. The lowest BCUT2D eigenvalue weighted by Crippen LogP contribution is -2.28. The van der Waals surface area contributed by atoms with E-state index in [1.807, 2.05) is 0 Å². The number of hydrogen-bond donors (Lipinski definition) is 2. The van der Waals surface area contributed by atoms with Crippen molar-refractivity contribution in [3.05, 3.63) is 0 Å². The van der Waals surface area contributed by atoms with E-state index in [9.17, 15) is 0 Å². The van der Waals surface area contributed by atoms with E-state index in [1.54, 1.807) is 0 Å². The van der Waals surface area contributed by atoms with Gasteiger partial charge in [0.2, 0.25) is 0 Å². The molecule has 0 aliphatic rings. The average Bonchev–Trinajstić information content (AvgIpc) is 2.14. The van der Waals surface area contributed by atoms with Gasteiger partial charge in [-0.05, 0) is 58.4 Å². The number of hydrogen-bond acceptors (Lipinski definition) is 3. The molecule has 0 aromatic carbocycles. The van der Waals surface area contributed by atoms with E-state index in [4.69, 9.17) is 11.5 Å². The Kier molecular flexibility index (Phi) is 9.87. The summed E-state index contributed by atoms with van der Waals surface area (Å²) in [4.78, 5) is 2.49. The van der Waals surface area contributed by atoms with Crippen LogP contribution in [0.5, 0.6) is 0 Å². The fraction of sp³-hybridized carbons (Fsp3) is 1.00. The molecule has 0 bridgehead atoms. The summed E-state index contributed by atoms with van der Waals surface area (Å²) in [6.07, 6.45) is 4.71. The number of nitrogens with two attached hydrogens (primary N) is 2. The first-order valence-corrected chi connectivity index (χ1v) is 5.47. The molecule has 0 unspecified atom stereocenters. The number of rotatable bonds is 9. The molecular weight excluding hydrogens is 162 g/mol. The maximum Gasteiger partial charge on any atom is -0.000672 e. The van der Waals surface area contributed by atoms with Crippen LogP contribution < -0.4 is 11.5 Å². The molecule has 3 nitrogen and oxygen atoms in total. The SMILES string of the molecule is CCCN(CCCN)CCCCN. The highest BCUT2D eigenvalue weighted by atomic mass is 15.1. The van der Waals surface area contributed by atoms with E-state index in [0.717, 1.165) is 32.5 Å². The van der Waals surface area contributed by atoms with Gasteiger partial charge < -0.3 is 16.4 Å². The molecule has 0 radical (unpaired) electrons. The van der Waals surface area contributed by atoms with Crippen molar-refractivity contribution in [2.75, 3.05) is 32.7 Å². The standard InChI is InChI=1S/C10H25N3/c1-2-8-13(10-5-7-12)9-4-3-6-11/h2-12H2,1H3. The zero-order valence-corrected chi connectivity index (χ0v) is 8.97. The fourth-order valence-corrected chi connectivity index (χ4v) is 1.45. The van der Waals surface area contributed by atoms with Crippen LogP contribution in [0.25, 0.3) is 0 Å². The first kappa shape index (κ1) is 12.9. The molecule has 0 atom stereocenters. The molecule has 0 aromatic heterocycles. The van der Waals surface area contributed by atoms with E-state index < -0.39 is 0 Å². The second-order valence-electron chi connectivity index (χ2n) is 3.48. The molecule has 0 aliphatic heterocycles. The summed E-state index contributed by atoms with van der Waals surface area (Å²) in [7, 11) is 0. The maximum atomic E-state index is 5.48. The Morgan fingerprint density at radius 1 is 0.846 bits per heavy atom. The molecule has 80 valence electrons. The van der Waals surface area contributed by atoms with Crippen molar-refractivity contribution in [2.45, 2.75) is 32.6 Å². The topological polar surface area (TPSA) is 55.3 Å². The lowest BCUT2D eigenvalue weighted by atomic mass is 10.2. The fourth-order valence-electron chi connectivity index (χ4n) is 1.45. The van der Waals surface area contributed by atoms with Crippen LogP contribution >= 0.6 is 0 Å². The minimum absolute atomic E-state index is 0.803. The van der Waals surface area contributed by atoms with Crippen LogP contribution in [0.3, 0.4) is 0 Å². The van der Waals surface area contributed by atoms with E-state index in [0.29, 0.717) is 0 Å². The molecule has 0 saturated heterocycles. The molecule has 0 amide bonds. The third-order valence-electron chi connectivity index (χ3n) is 2.15. The molecule has 13 heavy (non-hydrogen) atoms. The number of nitrogens with zero attached hydrogens (tertiary/aromatic N) is 1. The Bertz CT molecular complexity index is 96.2. The minimum Gasteiger partial charge on any atom is -0.330 e. The average molecular weight is 187 g/mol. The van der Waals surface area contributed by atoms with Gasteiger partial charge >= 0.3 is 0 Å². The van der Waals surface area contributed by atoms with Gasteiger partial charge in [-0.1, -0.05) is 6.92 Å². The van der Waals surface area contributed by atoms with Gasteiger partial charge in [-0.15, -0.1) is 0 Å². The second-order valence-corrected chi connectivity index (χ2v) is 3.48. The summed E-state index contributed by atoms with van der Waals surface area (Å²) in [6.45, 7) is 7.37. The third-order valence-corrected chi connectivity index (χ3v) is 2.15. The van der Waals surface area contributed by atoms with Crippen LogP contribution in [0, 0.1) is 0 Å². The Morgan fingerprint density at radius 2 is 1.46 bits per heavy atom. The number of unbranched alkanes of at least 4 members (excludes halogenated alkanes) is 1. The molecule has 4 N–H and O–H groups in total. The normalized spacial score (nSPS) is 11.1. The first-order valence-electron chi connectivity index (χ1n) is 5.47. The van der Waals surface area contributed by atoms with Gasteiger partial charge in [0.1, 0.15) is 0 Å². The monoisotopic (exact) mass is 187 g/mol. The Hall–Kier alpha value is -0.120. The van der Waals surface area contributed by atoms with Gasteiger partial charge in [-0.25, -0.2) is 0 Å². The maximum absolute atomic E-state index is 5.48. The van der Waals surface area contributed by atoms with Crippen molar-refractivity contribution in [2.24, 2.45) is 11.5 Å². The Labute approximate surface area is 82.5 Å². The lowest BCUT2D eigenvalue weighted by molar-refractivity contribution is 0.267. The van der Waals surface area contributed by atoms with Crippen molar-refractivity contribution in [1.29, 1.82) is 0 Å². The summed E-state index contributed by atoms with van der Waals surface area (Å²) < 4.78 is 0. The van der Waals surface area contributed by atoms with Crippen molar-refractivity contribution >= 4 is 0 Å². The van der Waals surface area contributed by atoms with Crippen molar-refractivity contribution in [1.82, 2.24) is 4.90 Å². The van der Waals surface area contributed by atoms with Crippen LogP contribution in [0.2, 0.25) is 0 Å². The van der Waals surface area contributed by atoms with E-state index in [2.05, 4.69) is 11.8 Å². The van der Waals surface area contributed by atoms with Crippen LogP contribution in [0.15, 0.2) is 0 Å². The van der Waals surface area contributed by atoms with Crippen LogP contribution in [-0.2, 0) is 0 Å². The molecule has 0 spiro atoms. The lowest BCUT2D eigenvalue weighted by Gasteiger charge is -2.20. The largest absolute Gasteiger partial charge is 0.330 e. The van der Waals surface area contributed by atoms with Crippen molar-refractivity contribution < 1.29 is 0 Å². The molecule has 0 aliphatic carbocycles. The van der Waals surface area contributed by atoms with E-state index in [-0.39, 0.29) is 0 Å². The molecule has 0 heterocycles. The zero-order valence-electron chi connectivity index (χ0n) is 8.97. The van der Waals surface area contributed by atoms with Crippen LogP contribution in [0.1, 0.15) is 32.6 Å². The van der Waals surface area contributed by atoms with Gasteiger partial charge in [0.25, 0.3) is 0 Å². The van der Waals surface area contributed by atoms with Gasteiger partial charge in [-0.3, -0.25) is 0 Å². The predicted molar refractivity (Wildman–Crippen MR) is 58.7 cm³/mol. The van der Waals surface area contributed by atoms with Crippen molar-refractivity contribution in [3.63, 3.8) is 0 Å². The Morgan fingerprint density at radius 3 is 2.00 bits per heavy atom. The third kappa shape index (κ3) is 8.22. The predicted octanol–water partition coefficient (Wildman–Crippen LogP) is 0.786. The summed E-state index contributed by atoms with van der Waals surface area (Å²) in [6, 6.07) is 0. The molecule has 3 heteroatoms. The molecule has 0 rings (SSSR count).